The number of alkyl halides is 3. The maximum Gasteiger partial charge on any atom is 0.416 e. The Labute approximate surface area is 118 Å². The molecular formula is C13H10F3NO3S. The van der Waals surface area contributed by atoms with Gasteiger partial charge in [0.05, 0.1) is 21.7 Å². The third-order valence-electron chi connectivity index (χ3n) is 2.96. The molecule has 1 aromatic carbocycles. The number of carbonyl (C=O) groups excluding carboxylic acids is 1. The summed E-state index contributed by atoms with van der Waals surface area (Å²) in [7, 11) is -3.69. The molecular weight excluding hydrogens is 307 g/mol. The lowest BCUT2D eigenvalue weighted by Gasteiger charge is -2.10. The summed E-state index contributed by atoms with van der Waals surface area (Å²) in [4.78, 5) is 14.4. The summed E-state index contributed by atoms with van der Waals surface area (Å²) in [6.45, 7) is 1.40. The van der Waals surface area contributed by atoms with Gasteiger partial charge in [0, 0.05) is 5.39 Å². The van der Waals surface area contributed by atoms with Gasteiger partial charge >= 0.3 is 6.18 Å². The third kappa shape index (κ3) is 2.90. The second kappa shape index (κ2) is 5.10. The Morgan fingerprint density at radius 2 is 1.90 bits per heavy atom. The lowest BCUT2D eigenvalue weighted by Crippen LogP contribution is -2.09. The summed E-state index contributed by atoms with van der Waals surface area (Å²) < 4.78 is 61.6. The molecule has 1 aromatic heterocycles. The minimum atomic E-state index is -4.54. The highest BCUT2D eigenvalue weighted by atomic mass is 32.2. The van der Waals surface area contributed by atoms with Crippen molar-refractivity contribution in [3.05, 3.63) is 35.5 Å². The molecule has 2 aromatic rings. The van der Waals surface area contributed by atoms with E-state index in [4.69, 9.17) is 0 Å². The molecule has 0 spiro atoms. The van der Waals surface area contributed by atoms with Crippen molar-refractivity contribution in [2.45, 2.75) is 18.0 Å². The maximum absolute atomic E-state index is 12.6. The molecule has 4 nitrogen and oxygen atoms in total. The smallest absolute Gasteiger partial charge is 0.296 e. The van der Waals surface area contributed by atoms with Gasteiger partial charge in [-0.2, -0.15) is 13.2 Å². The Hall–Kier alpha value is -1.96. The number of hydrogen-bond acceptors (Lipinski definition) is 4. The van der Waals surface area contributed by atoms with Crippen LogP contribution < -0.4 is 0 Å². The minimum Gasteiger partial charge on any atom is -0.296 e. The Balaban J connectivity index is 2.76. The zero-order valence-electron chi connectivity index (χ0n) is 10.8. The molecule has 0 atom stereocenters. The molecule has 0 unspecified atom stereocenters. The number of halogens is 3. The SMILES string of the molecule is CCS(=O)(=O)c1cc2ccc(C(F)(F)F)cc2nc1C=O. The molecule has 0 aliphatic carbocycles. The molecule has 0 amide bonds. The van der Waals surface area contributed by atoms with E-state index in [1.807, 2.05) is 0 Å². The minimum absolute atomic E-state index is 0.0815. The Kier molecular flexibility index (Phi) is 3.75. The highest BCUT2D eigenvalue weighted by Crippen LogP contribution is 2.31. The van der Waals surface area contributed by atoms with Gasteiger partial charge in [0.2, 0.25) is 0 Å². The van der Waals surface area contributed by atoms with Crippen LogP contribution in [-0.2, 0) is 16.0 Å². The van der Waals surface area contributed by atoms with E-state index < -0.39 is 21.6 Å². The number of fused-ring (bicyclic) bond motifs is 1. The Bertz CT molecular complexity index is 813. The van der Waals surface area contributed by atoms with Crippen molar-refractivity contribution >= 4 is 27.0 Å². The fourth-order valence-electron chi connectivity index (χ4n) is 1.83. The number of aromatic nitrogens is 1. The summed E-state index contributed by atoms with van der Waals surface area (Å²) >= 11 is 0. The van der Waals surface area contributed by atoms with Gasteiger partial charge in [-0.15, -0.1) is 0 Å². The van der Waals surface area contributed by atoms with Gasteiger partial charge in [0.25, 0.3) is 0 Å². The van der Waals surface area contributed by atoms with Crippen LogP contribution in [0.4, 0.5) is 13.2 Å². The predicted octanol–water partition coefficient (Wildman–Crippen LogP) is 2.86. The summed E-state index contributed by atoms with van der Waals surface area (Å²) in [5.74, 6) is -0.234. The highest BCUT2D eigenvalue weighted by Gasteiger charge is 2.31. The molecule has 0 saturated heterocycles. The number of rotatable bonds is 3. The standard InChI is InChI=1S/C13H10F3NO3S/c1-2-21(19,20)12-5-8-3-4-9(13(14,15)16)6-10(8)17-11(12)7-18/h3-7H,2H2,1H3. The number of pyridine rings is 1. The van der Waals surface area contributed by atoms with E-state index in [0.717, 1.165) is 18.2 Å². The average Bonchev–Trinajstić information content (AvgIpc) is 2.44. The summed E-state index contributed by atoms with van der Waals surface area (Å²) in [6.07, 6.45) is -4.31. The van der Waals surface area contributed by atoms with Crippen LogP contribution in [0.2, 0.25) is 0 Å². The van der Waals surface area contributed by atoms with Gasteiger partial charge in [-0.25, -0.2) is 13.4 Å². The van der Waals surface area contributed by atoms with E-state index in [-0.39, 0.29) is 33.5 Å². The Morgan fingerprint density at radius 1 is 1.24 bits per heavy atom. The van der Waals surface area contributed by atoms with Gasteiger partial charge < -0.3 is 0 Å². The summed E-state index contributed by atoms with van der Waals surface area (Å²) in [5, 5.41) is 0.223. The molecule has 0 radical (unpaired) electrons. The fraction of sp³-hybridized carbons (Fsp3) is 0.231. The van der Waals surface area contributed by atoms with Crippen LogP contribution in [0.5, 0.6) is 0 Å². The molecule has 0 aliphatic heterocycles. The first kappa shape index (κ1) is 15.4. The number of sulfone groups is 1. The van der Waals surface area contributed by atoms with Gasteiger partial charge in [-0.1, -0.05) is 13.0 Å². The zero-order chi connectivity index (χ0) is 15.8. The quantitative estimate of drug-likeness (QED) is 0.817. The van der Waals surface area contributed by atoms with Crippen LogP contribution in [0.3, 0.4) is 0 Å². The van der Waals surface area contributed by atoms with Crippen LogP contribution in [0, 0.1) is 0 Å². The molecule has 0 fully saturated rings. The van der Waals surface area contributed by atoms with Crippen molar-refractivity contribution in [3.8, 4) is 0 Å². The summed E-state index contributed by atoms with van der Waals surface area (Å²) in [6, 6.07) is 3.93. The van der Waals surface area contributed by atoms with Crippen molar-refractivity contribution in [2.75, 3.05) is 5.75 Å². The first-order valence-corrected chi connectivity index (χ1v) is 7.54. The third-order valence-corrected chi connectivity index (χ3v) is 4.72. The number of carbonyl (C=O) groups is 1. The fourth-order valence-corrected chi connectivity index (χ4v) is 2.86. The molecule has 2 rings (SSSR count). The maximum atomic E-state index is 12.6. The lowest BCUT2D eigenvalue weighted by atomic mass is 10.1. The molecule has 0 N–H and O–H groups in total. The van der Waals surface area contributed by atoms with Crippen LogP contribution in [-0.4, -0.2) is 25.4 Å². The molecule has 0 aliphatic rings. The van der Waals surface area contributed by atoms with E-state index in [1.54, 1.807) is 0 Å². The van der Waals surface area contributed by atoms with Crippen LogP contribution in [0.15, 0.2) is 29.2 Å². The number of hydrogen-bond donors (Lipinski definition) is 0. The first-order chi connectivity index (χ1) is 9.69. The largest absolute Gasteiger partial charge is 0.416 e. The van der Waals surface area contributed by atoms with Crippen LogP contribution >= 0.6 is 0 Å². The highest BCUT2D eigenvalue weighted by molar-refractivity contribution is 7.91. The molecule has 0 bridgehead atoms. The molecule has 0 saturated carbocycles. The average molecular weight is 317 g/mol. The topological polar surface area (TPSA) is 64.1 Å². The summed E-state index contributed by atoms with van der Waals surface area (Å²) in [5.41, 5.74) is -1.38. The molecule has 1 heterocycles. The molecule has 21 heavy (non-hydrogen) atoms. The van der Waals surface area contributed by atoms with Crippen LogP contribution in [0.25, 0.3) is 10.9 Å². The number of benzene rings is 1. The number of nitrogens with zero attached hydrogens (tertiary/aromatic N) is 1. The second-order valence-electron chi connectivity index (χ2n) is 4.30. The van der Waals surface area contributed by atoms with Gasteiger partial charge in [0.15, 0.2) is 16.1 Å². The van der Waals surface area contributed by atoms with Crippen molar-refractivity contribution in [1.29, 1.82) is 0 Å². The normalized spacial score (nSPS) is 12.6. The van der Waals surface area contributed by atoms with E-state index in [0.29, 0.717) is 0 Å². The van der Waals surface area contributed by atoms with E-state index in [9.17, 15) is 26.4 Å². The van der Waals surface area contributed by atoms with Crippen molar-refractivity contribution in [1.82, 2.24) is 4.98 Å². The van der Waals surface area contributed by atoms with Crippen LogP contribution in [0.1, 0.15) is 23.0 Å². The van der Waals surface area contributed by atoms with Gasteiger partial charge in [0.1, 0.15) is 5.69 Å². The number of aldehydes is 1. The second-order valence-corrected chi connectivity index (χ2v) is 6.54. The monoisotopic (exact) mass is 317 g/mol. The van der Waals surface area contributed by atoms with Crippen molar-refractivity contribution in [3.63, 3.8) is 0 Å². The lowest BCUT2D eigenvalue weighted by molar-refractivity contribution is -0.137. The first-order valence-electron chi connectivity index (χ1n) is 5.89. The van der Waals surface area contributed by atoms with Gasteiger partial charge in [-0.3, -0.25) is 4.79 Å². The van der Waals surface area contributed by atoms with Crippen molar-refractivity contribution in [2.24, 2.45) is 0 Å². The Morgan fingerprint density at radius 3 is 2.43 bits per heavy atom. The van der Waals surface area contributed by atoms with E-state index >= 15 is 0 Å². The zero-order valence-corrected chi connectivity index (χ0v) is 11.6. The predicted molar refractivity (Wildman–Crippen MR) is 69.9 cm³/mol. The molecule has 8 heteroatoms. The molecule has 112 valence electrons. The van der Waals surface area contributed by atoms with E-state index in [2.05, 4.69) is 4.98 Å². The van der Waals surface area contributed by atoms with Crippen molar-refractivity contribution < 1.29 is 26.4 Å². The van der Waals surface area contributed by atoms with E-state index in [1.165, 1.54) is 13.0 Å². The van der Waals surface area contributed by atoms with Gasteiger partial charge in [-0.05, 0) is 18.2 Å².